The molecule has 0 aliphatic carbocycles. The van der Waals surface area contributed by atoms with E-state index in [9.17, 15) is 14.9 Å². The highest BCUT2D eigenvalue weighted by molar-refractivity contribution is 8.05. The van der Waals surface area contributed by atoms with Gasteiger partial charge in [0.1, 0.15) is 11.1 Å². The molecule has 0 saturated carbocycles. The Kier molecular flexibility index (Phi) is 5.63. The highest BCUT2D eigenvalue weighted by Crippen LogP contribution is 2.41. The monoisotopic (exact) mass is 378 g/mol. The SMILES string of the molecule is COC(=O)/C(C#N)=C1\S[C@H](Cc2ccc(C)cc2)C(=O)N1c1ccccc1. The number of ether oxygens (including phenoxy) is 1. The summed E-state index contributed by atoms with van der Waals surface area (Å²) >= 11 is 1.23. The van der Waals surface area contributed by atoms with Crippen LogP contribution in [0.5, 0.6) is 0 Å². The van der Waals surface area contributed by atoms with Gasteiger partial charge in [0, 0.05) is 5.69 Å². The maximum absolute atomic E-state index is 13.1. The van der Waals surface area contributed by atoms with E-state index in [1.54, 1.807) is 12.1 Å². The first-order valence-corrected chi connectivity index (χ1v) is 9.27. The molecular weight excluding hydrogens is 360 g/mol. The maximum atomic E-state index is 13.1. The van der Waals surface area contributed by atoms with Gasteiger partial charge in [0.15, 0.2) is 5.57 Å². The molecule has 0 spiro atoms. The third kappa shape index (κ3) is 3.88. The van der Waals surface area contributed by atoms with Crippen molar-refractivity contribution in [1.82, 2.24) is 0 Å². The molecular formula is C21H18N2O3S. The van der Waals surface area contributed by atoms with Crippen LogP contribution in [0.4, 0.5) is 5.69 Å². The van der Waals surface area contributed by atoms with Gasteiger partial charge in [-0.3, -0.25) is 9.69 Å². The number of nitriles is 1. The van der Waals surface area contributed by atoms with Gasteiger partial charge in [-0.15, -0.1) is 0 Å². The molecule has 1 fully saturated rings. The highest BCUT2D eigenvalue weighted by Gasteiger charge is 2.40. The van der Waals surface area contributed by atoms with Crippen LogP contribution in [0, 0.1) is 18.3 Å². The number of nitrogens with zero attached hydrogens (tertiary/aromatic N) is 2. The summed E-state index contributed by atoms with van der Waals surface area (Å²) in [5.74, 6) is -0.900. The third-order valence-corrected chi connectivity index (χ3v) is 5.49. The van der Waals surface area contributed by atoms with Crippen molar-refractivity contribution in [2.45, 2.75) is 18.6 Å². The summed E-state index contributed by atoms with van der Waals surface area (Å²) in [4.78, 5) is 26.6. The fraction of sp³-hybridized carbons (Fsp3) is 0.190. The van der Waals surface area contributed by atoms with Crippen LogP contribution < -0.4 is 4.90 Å². The normalized spacial score (nSPS) is 18.2. The Bertz CT molecular complexity index is 930. The second-order valence-electron chi connectivity index (χ2n) is 6.09. The molecule has 0 unspecified atom stereocenters. The summed E-state index contributed by atoms with van der Waals surface area (Å²) in [6, 6.07) is 18.9. The van der Waals surface area contributed by atoms with Crippen LogP contribution in [-0.4, -0.2) is 24.2 Å². The maximum Gasteiger partial charge on any atom is 0.351 e. The predicted octanol–water partition coefficient (Wildman–Crippen LogP) is 3.59. The van der Waals surface area contributed by atoms with Crippen LogP contribution in [0.2, 0.25) is 0 Å². The molecule has 0 aromatic heterocycles. The molecule has 1 atom stereocenters. The molecule has 3 rings (SSSR count). The second-order valence-corrected chi connectivity index (χ2v) is 7.28. The largest absolute Gasteiger partial charge is 0.465 e. The zero-order chi connectivity index (χ0) is 19.4. The minimum atomic E-state index is -0.746. The number of carbonyl (C=O) groups excluding carboxylic acids is 2. The number of thioether (sulfide) groups is 1. The number of hydrogen-bond donors (Lipinski definition) is 0. The van der Waals surface area contributed by atoms with Gasteiger partial charge in [-0.05, 0) is 31.0 Å². The molecule has 2 aromatic rings. The van der Waals surface area contributed by atoms with E-state index >= 15 is 0 Å². The number of hydrogen-bond acceptors (Lipinski definition) is 5. The van der Waals surface area contributed by atoms with Gasteiger partial charge in [-0.2, -0.15) is 5.26 Å². The number of aryl methyl sites for hydroxylation is 1. The van der Waals surface area contributed by atoms with E-state index in [-0.39, 0.29) is 11.5 Å². The van der Waals surface area contributed by atoms with E-state index in [4.69, 9.17) is 4.74 Å². The van der Waals surface area contributed by atoms with Crippen molar-refractivity contribution >= 4 is 29.3 Å². The van der Waals surface area contributed by atoms with Crippen LogP contribution in [0.3, 0.4) is 0 Å². The van der Waals surface area contributed by atoms with Crippen molar-refractivity contribution in [3.8, 4) is 6.07 Å². The van der Waals surface area contributed by atoms with Crippen molar-refractivity contribution in [2.24, 2.45) is 0 Å². The van der Waals surface area contributed by atoms with Crippen LogP contribution in [0.1, 0.15) is 11.1 Å². The molecule has 1 aliphatic rings. The summed E-state index contributed by atoms with van der Waals surface area (Å²) < 4.78 is 4.73. The minimum Gasteiger partial charge on any atom is -0.465 e. The van der Waals surface area contributed by atoms with Gasteiger partial charge in [-0.1, -0.05) is 59.8 Å². The number of carbonyl (C=O) groups is 2. The number of rotatable bonds is 4. The summed E-state index contributed by atoms with van der Waals surface area (Å²) in [7, 11) is 1.22. The van der Waals surface area contributed by atoms with Gasteiger partial charge in [0.2, 0.25) is 5.91 Å². The Hall–Kier alpha value is -3.04. The number of methoxy groups -OCH3 is 1. The van der Waals surface area contributed by atoms with Crippen LogP contribution in [0.15, 0.2) is 65.2 Å². The van der Waals surface area contributed by atoms with Crippen molar-refractivity contribution in [1.29, 1.82) is 5.26 Å². The molecule has 0 N–H and O–H groups in total. The summed E-state index contributed by atoms with van der Waals surface area (Å²) in [5.41, 5.74) is 2.63. The molecule has 1 amide bonds. The highest BCUT2D eigenvalue weighted by atomic mass is 32.2. The van der Waals surface area contributed by atoms with Crippen molar-refractivity contribution in [3.63, 3.8) is 0 Å². The summed E-state index contributed by atoms with van der Waals surface area (Å²) in [5, 5.41) is 9.38. The molecule has 5 nitrogen and oxygen atoms in total. The Balaban J connectivity index is 2.02. The second kappa shape index (κ2) is 8.11. The molecule has 1 saturated heterocycles. The van der Waals surface area contributed by atoms with Crippen LogP contribution in [-0.2, 0) is 20.7 Å². The van der Waals surface area contributed by atoms with Gasteiger partial charge >= 0.3 is 5.97 Å². The van der Waals surface area contributed by atoms with E-state index < -0.39 is 11.2 Å². The standard InChI is InChI=1S/C21H18N2O3S/c1-14-8-10-15(11-9-14)12-18-19(24)23(16-6-4-3-5-7-16)20(27-18)17(13-22)21(25)26-2/h3-11,18H,12H2,1-2H3/b20-17-/t18-/m1/s1. The third-order valence-electron chi connectivity index (χ3n) is 4.22. The number of esters is 1. The predicted molar refractivity (Wildman–Crippen MR) is 105 cm³/mol. The molecule has 0 radical (unpaired) electrons. The average Bonchev–Trinajstić information content (AvgIpc) is 3.00. The first kappa shape index (κ1) is 18.7. The number of benzene rings is 2. The zero-order valence-electron chi connectivity index (χ0n) is 15.0. The molecule has 1 heterocycles. The molecule has 2 aromatic carbocycles. The number of amides is 1. The quantitative estimate of drug-likeness (QED) is 0.462. The smallest absolute Gasteiger partial charge is 0.351 e. The van der Waals surface area contributed by atoms with E-state index in [1.807, 2.05) is 55.5 Å². The Morgan fingerprint density at radius 3 is 2.44 bits per heavy atom. The Morgan fingerprint density at radius 1 is 1.19 bits per heavy atom. The minimum absolute atomic E-state index is 0.154. The lowest BCUT2D eigenvalue weighted by molar-refractivity contribution is -0.135. The summed E-state index contributed by atoms with van der Waals surface area (Å²) in [6.45, 7) is 2.01. The Morgan fingerprint density at radius 2 is 1.85 bits per heavy atom. The topological polar surface area (TPSA) is 70.4 Å². The zero-order valence-corrected chi connectivity index (χ0v) is 15.8. The van der Waals surface area contributed by atoms with Crippen molar-refractivity contribution in [2.75, 3.05) is 12.0 Å². The first-order valence-electron chi connectivity index (χ1n) is 8.39. The lowest BCUT2D eigenvalue weighted by atomic mass is 10.1. The van der Waals surface area contributed by atoms with Crippen LogP contribution in [0.25, 0.3) is 0 Å². The molecule has 1 aliphatic heterocycles. The van der Waals surface area contributed by atoms with Gasteiger partial charge < -0.3 is 4.74 Å². The molecule has 0 bridgehead atoms. The molecule has 6 heteroatoms. The van der Waals surface area contributed by atoms with Crippen LogP contribution >= 0.6 is 11.8 Å². The van der Waals surface area contributed by atoms with E-state index in [2.05, 4.69) is 0 Å². The van der Waals surface area contributed by atoms with Gasteiger partial charge in [0.25, 0.3) is 0 Å². The number of anilines is 1. The van der Waals surface area contributed by atoms with E-state index in [0.717, 1.165) is 11.1 Å². The Labute approximate surface area is 162 Å². The fourth-order valence-electron chi connectivity index (χ4n) is 2.82. The lowest BCUT2D eigenvalue weighted by Gasteiger charge is -2.18. The summed E-state index contributed by atoms with van der Waals surface area (Å²) in [6.07, 6.45) is 0.510. The van der Waals surface area contributed by atoms with Crippen molar-refractivity contribution in [3.05, 3.63) is 76.3 Å². The van der Waals surface area contributed by atoms with Gasteiger partial charge in [0.05, 0.1) is 12.4 Å². The molecule has 136 valence electrons. The van der Waals surface area contributed by atoms with Gasteiger partial charge in [-0.25, -0.2) is 4.79 Å². The lowest BCUT2D eigenvalue weighted by Crippen LogP contribution is -2.30. The van der Waals surface area contributed by atoms with Crippen molar-refractivity contribution < 1.29 is 14.3 Å². The first-order chi connectivity index (χ1) is 13.0. The average molecular weight is 378 g/mol. The number of para-hydroxylation sites is 1. The van der Waals surface area contributed by atoms with E-state index in [1.165, 1.54) is 23.8 Å². The van der Waals surface area contributed by atoms with E-state index in [0.29, 0.717) is 17.1 Å². The molecule has 27 heavy (non-hydrogen) atoms. The fourth-order valence-corrected chi connectivity index (χ4v) is 4.12.